The number of aliphatic hydroxyl groups excluding tert-OH is 1. The highest BCUT2D eigenvalue weighted by Gasteiger charge is 2.29. The van der Waals surface area contributed by atoms with Crippen molar-refractivity contribution >= 4 is 23.6 Å². The van der Waals surface area contributed by atoms with E-state index in [1.807, 2.05) is 6.08 Å². The van der Waals surface area contributed by atoms with Crippen molar-refractivity contribution in [2.45, 2.75) is 103 Å². The van der Waals surface area contributed by atoms with Gasteiger partial charge < -0.3 is 26.4 Å². The summed E-state index contributed by atoms with van der Waals surface area (Å²) in [6, 6.07) is -2.47. The number of carbonyl (C=O) groups is 4. The predicted octanol–water partition coefficient (Wildman–Crippen LogP) is 2.42. The van der Waals surface area contributed by atoms with Crippen molar-refractivity contribution in [3.8, 4) is 0 Å². The van der Waals surface area contributed by atoms with E-state index in [2.05, 4.69) is 35.1 Å². The minimum absolute atomic E-state index is 0.219. The maximum absolute atomic E-state index is 12.9. The first-order valence-electron chi connectivity index (χ1n) is 13.5. The molecule has 4 amide bonds. The molecule has 9 heteroatoms. The predicted molar refractivity (Wildman–Crippen MR) is 145 cm³/mol. The maximum Gasteiger partial charge on any atom is 0.245 e. The monoisotopic (exact) mass is 518 g/mol. The molecule has 0 aromatic carbocycles. The van der Waals surface area contributed by atoms with Crippen LogP contribution in [0.4, 0.5) is 0 Å². The topological polar surface area (TPSA) is 137 Å². The molecule has 1 heterocycles. The quantitative estimate of drug-likeness (QED) is 0.154. The average molecular weight is 519 g/mol. The Hall–Kier alpha value is -2.94. The Morgan fingerprint density at radius 3 is 2.59 bits per heavy atom. The number of allylic oxidation sites excluding steroid dienone is 3. The molecule has 0 saturated carbocycles. The van der Waals surface area contributed by atoms with Crippen molar-refractivity contribution in [2.75, 3.05) is 6.54 Å². The molecule has 0 fully saturated rings. The largest absolute Gasteiger partial charge is 0.391 e. The van der Waals surface area contributed by atoms with E-state index in [4.69, 9.17) is 0 Å². The molecule has 0 saturated heterocycles. The van der Waals surface area contributed by atoms with Crippen LogP contribution in [0.2, 0.25) is 0 Å². The van der Waals surface area contributed by atoms with E-state index >= 15 is 0 Å². The summed E-state index contributed by atoms with van der Waals surface area (Å²) >= 11 is 0. The summed E-state index contributed by atoms with van der Waals surface area (Å²) in [7, 11) is 0. The fourth-order valence-electron chi connectivity index (χ4n) is 3.80. The second-order valence-corrected chi connectivity index (χ2v) is 10.1. The summed E-state index contributed by atoms with van der Waals surface area (Å²) in [5.41, 5.74) is 0. The zero-order valence-corrected chi connectivity index (χ0v) is 22.8. The highest BCUT2D eigenvalue weighted by atomic mass is 16.3. The molecule has 0 radical (unpaired) electrons. The fraction of sp³-hybridized carbons (Fsp3) is 0.643. The zero-order chi connectivity index (χ0) is 27.6. The number of rotatable bonds is 12. The van der Waals surface area contributed by atoms with Crippen molar-refractivity contribution in [1.29, 1.82) is 0 Å². The molecule has 1 aliphatic heterocycles. The lowest BCUT2D eigenvalue weighted by Crippen LogP contribution is -2.57. The Morgan fingerprint density at radius 2 is 1.89 bits per heavy atom. The van der Waals surface area contributed by atoms with Crippen molar-refractivity contribution in [3.05, 3.63) is 36.5 Å². The lowest BCUT2D eigenvalue weighted by atomic mass is 10.0. The van der Waals surface area contributed by atoms with E-state index in [1.54, 1.807) is 25.2 Å². The molecule has 1 rings (SSSR count). The van der Waals surface area contributed by atoms with Crippen LogP contribution in [0.3, 0.4) is 0 Å². The van der Waals surface area contributed by atoms with Gasteiger partial charge in [-0.1, -0.05) is 57.4 Å². The second kappa shape index (κ2) is 18.3. The number of aliphatic hydroxyl groups is 1. The molecular weight excluding hydrogens is 472 g/mol. The molecule has 0 unspecified atom stereocenters. The van der Waals surface area contributed by atoms with Gasteiger partial charge >= 0.3 is 0 Å². The molecule has 5 N–H and O–H groups in total. The van der Waals surface area contributed by atoms with E-state index in [-0.39, 0.29) is 5.91 Å². The van der Waals surface area contributed by atoms with Crippen LogP contribution in [0.5, 0.6) is 0 Å². The maximum atomic E-state index is 12.9. The number of hydrogen-bond acceptors (Lipinski definition) is 5. The lowest BCUT2D eigenvalue weighted by Gasteiger charge is -2.25. The third kappa shape index (κ3) is 15.0. The van der Waals surface area contributed by atoms with Crippen molar-refractivity contribution in [1.82, 2.24) is 21.3 Å². The molecule has 0 bridgehead atoms. The molecule has 0 aromatic heterocycles. The van der Waals surface area contributed by atoms with Crippen LogP contribution < -0.4 is 21.3 Å². The van der Waals surface area contributed by atoms with Gasteiger partial charge in [-0.25, -0.2) is 0 Å². The summed E-state index contributed by atoms with van der Waals surface area (Å²) in [4.78, 5) is 49.7. The van der Waals surface area contributed by atoms with Gasteiger partial charge in [-0.2, -0.15) is 0 Å². The van der Waals surface area contributed by atoms with Crippen LogP contribution in [0.15, 0.2) is 36.5 Å². The van der Waals surface area contributed by atoms with Gasteiger partial charge in [-0.15, -0.1) is 0 Å². The normalized spacial score (nSPS) is 21.1. The Balaban J connectivity index is 2.63. The van der Waals surface area contributed by atoms with Crippen LogP contribution in [0, 0.1) is 5.92 Å². The lowest BCUT2D eigenvalue weighted by molar-refractivity contribution is -0.133. The number of unbranched alkanes of at least 4 members (excludes halogenated alkanes) is 3. The number of nitrogens with one attached hydrogen (secondary N) is 4. The Labute approximate surface area is 221 Å². The minimum atomic E-state index is -1.21. The number of carbonyl (C=O) groups excluding carboxylic acids is 4. The first kappa shape index (κ1) is 32.1. The third-order valence-electron chi connectivity index (χ3n) is 5.97. The molecular formula is C28H46N4O5. The van der Waals surface area contributed by atoms with Crippen LogP contribution in [0.1, 0.15) is 79.1 Å². The standard InChI is InChI=1S/C28H46N4O5/c1-20(2)14-10-8-6-5-7-9-11-16-25(35)32-26(22(4)33)28(37)31-23-15-12-13-19-29-24(34)18-17-21(3)30-27(23)36/h7,9,11,16-18,20-23,26,33H,5-6,8,10,12-15,19H2,1-4H3,(H,29,34)(H,30,36)(H,31,37)(H,32,35)/t21-,22+,23+,26-/m0/s1. The molecule has 4 atom stereocenters. The van der Waals surface area contributed by atoms with Gasteiger partial charge in [0.2, 0.25) is 23.6 Å². The molecule has 0 aromatic rings. The van der Waals surface area contributed by atoms with E-state index in [9.17, 15) is 24.3 Å². The summed E-state index contributed by atoms with van der Waals surface area (Å²) in [5.74, 6) is -1.04. The van der Waals surface area contributed by atoms with Gasteiger partial charge in [-0.05, 0) is 51.9 Å². The second-order valence-electron chi connectivity index (χ2n) is 10.1. The Bertz CT molecular complexity index is 819. The zero-order valence-electron chi connectivity index (χ0n) is 22.8. The highest BCUT2D eigenvalue weighted by Crippen LogP contribution is 2.09. The molecule has 1 aliphatic rings. The van der Waals surface area contributed by atoms with Crippen molar-refractivity contribution < 1.29 is 24.3 Å². The summed E-state index contributed by atoms with van der Waals surface area (Å²) < 4.78 is 0. The molecule has 208 valence electrons. The first-order chi connectivity index (χ1) is 17.6. The number of hydrogen-bond donors (Lipinski definition) is 5. The van der Waals surface area contributed by atoms with Crippen LogP contribution in [-0.4, -0.2) is 59.5 Å². The van der Waals surface area contributed by atoms with Crippen molar-refractivity contribution in [3.63, 3.8) is 0 Å². The number of amides is 4. The van der Waals surface area contributed by atoms with E-state index in [1.165, 1.54) is 38.3 Å². The van der Waals surface area contributed by atoms with Crippen LogP contribution in [-0.2, 0) is 19.2 Å². The highest BCUT2D eigenvalue weighted by molar-refractivity contribution is 5.95. The Morgan fingerprint density at radius 1 is 1.14 bits per heavy atom. The third-order valence-corrected chi connectivity index (χ3v) is 5.97. The summed E-state index contributed by atoms with van der Waals surface area (Å²) in [5, 5.41) is 20.8. The van der Waals surface area contributed by atoms with Gasteiger partial charge in [0.25, 0.3) is 0 Å². The van der Waals surface area contributed by atoms with Gasteiger partial charge in [0.15, 0.2) is 0 Å². The fourth-order valence-corrected chi connectivity index (χ4v) is 3.80. The van der Waals surface area contributed by atoms with Crippen molar-refractivity contribution in [2.24, 2.45) is 5.92 Å². The van der Waals surface area contributed by atoms with E-state index in [0.717, 1.165) is 18.8 Å². The van der Waals surface area contributed by atoms with Gasteiger partial charge in [0.1, 0.15) is 12.1 Å². The first-order valence-corrected chi connectivity index (χ1v) is 13.5. The summed E-state index contributed by atoms with van der Waals surface area (Å²) in [6.45, 7) is 8.04. The van der Waals surface area contributed by atoms with Gasteiger partial charge in [0, 0.05) is 24.7 Å². The molecule has 0 aliphatic carbocycles. The molecule has 37 heavy (non-hydrogen) atoms. The molecule has 0 spiro atoms. The average Bonchev–Trinajstić information content (AvgIpc) is 2.82. The van der Waals surface area contributed by atoms with E-state index in [0.29, 0.717) is 25.8 Å². The summed E-state index contributed by atoms with van der Waals surface area (Å²) in [6.07, 6.45) is 15.8. The minimum Gasteiger partial charge on any atom is -0.391 e. The van der Waals surface area contributed by atoms with Crippen LogP contribution >= 0.6 is 0 Å². The van der Waals surface area contributed by atoms with Crippen LogP contribution in [0.25, 0.3) is 0 Å². The Kier molecular flexibility index (Phi) is 15.9. The van der Waals surface area contributed by atoms with E-state index < -0.39 is 42.0 Å². The smallest absolute Gasteiger partial charge is 0.245 e. The van der Waals surface area contributed by atoms with Gasteiger partial charge in [0.05, 0.1) is 6.10 Å². The van der Waals surface area contributed by atoms with Gasteiger partial charge in [-0.3, -0.25) is 19.2 Å². The SMILES string of the molecule is CC(C)CCCCCC=CC=CC(=O)N[C@H](C(=O)N[C@@H]1CCCCNC(=O)C=C[C@H](C)NC1=O)[C@@H](C)O. The molecule has 9 nitrogen and oxygen atoms in total.